The van der Waals surface area contributed by atoms with Crippen LogP contribution in [-0.2, 0) is 4.74 Å². The van der Waals surface area contributed by atoms with Crippen molar-refractivity contribution in [2.24, 2.45) is 0 Å². The third-order valence-corrected chi connectivity index (χ3v) is 3.12. The van der Waals surface area contributed by atoms with Crippen molar-refractivity contribution in [1.82, 2.24) is 10.2 Å². The predicted molar refractivity (Wildman–Crippen MR) is 64.5 cm³/mol. The topological polar surface area (TPSA) is 75.2 Å². The highest BCUT2D eigenvalue weighted by molar-refractivity contribution is 5.86. The number of carboxylic acid groups (broad SMARTS) is 1. The Kier molecular flexibility index (Phi) is 2.60. The van der Waals surface area contributed by atoms with Gasteiger partial charge < -0.3 is 9.84 Å². The molecular formula is C13H12N2O3. The number of aromatic carboxylic acids is 1. The molecule has 0 radical (unpaired) electrons. The molecule has 92 valence electrons. The average Bonchev–Trinajstić information content (AvgIpc) is 2.77. The number of nitrogens with zero attached hydrogens (tertiary/aromatic N) is 1. The maximum absolute atomic E-state index is 10.8. The second-order valence-electron chi connectivity index (χ2n) is 4.33. The Morgan fingerprint density at radius 1 is 1.33 bits per heavy atom. The smallest absolute Gasteiger partial charge is 0.353 e. The van der Waals surface area contributed by atoms with Crippen LogP contribution in [0.2, 0.25) is 0 Å². The van der Waals surface area contributed by atoms with Crippen LogP contribution in [0.1, 0.15) is 22.0 Å². The van der Waals surface area contributed by atoms with Gasteiger partial charge in [-0.05, 0) is 11.6 Å². The van der Waals surface area contributed by atoms with E-state index in [0.717, 1.165) is 18.8 Å². The molecule has 2 N–H and O–H groups in total. The summed E-state index contributed by atoms with van der Waals surface area (Å²) in [4.78, 5) is 10.8. The number of carbonyl (C=O) groups is 1. The third-order valence-electron chi connectivity index (χ3n) is 3.12. The molecule has 0 saturated carbocycles. The van der Waals surface area contributed by atoms with E-state index in [4.69, 9.17) is 9.84 Å². The zero-order valence-electron chi connectivity index (χ0n) is 9.59. The fraction of sp³-hybridized carbons (Fsp3) is 0.231. The Morgan fingerprint density at radius 2 is 2.06 bits per heavy atom. The minimum absolute atomic E-state index is 0.0986. The maximum atomic E-state index is 10.8. The van der Waals surface area contributed by atoms with E-state index < -0.39 is 5.97 Å². The summed E-state index contributed by atoms with van der Waals surface area (Å²) in [7, 11) is 0. The molecule has 1 aromatic heterocycles. The van der Waals surface area contributed by atoms with Gasteiger partial charge in [-0.2, -0.15) is 5.10 Å². The third kappa shape index (κ3) is 1.89. The highest BCUT2D eigenvalue weighted by Crippen LogP contribution is 2.26. The number of aromatic amines is 1. The van der Waals surface area contributed by atoms with Gasteiger partial charge in [-0.3, -0.25) is 5.10 Å². The molecule has 1 fully saturated rings. The van der Waals surface area contributed by atoms with Crippen LogP contribution in [0.4, 0.5) is 0 Å². The molecule has 0 atom stereocenters. The number of hydrogen-bond donors (Lipinski definition) is 2. The number of hydrogen-bond acceptors (Lipinski definition) is 3. The van der Waals surface area contributed by atoms with Gasteiger partial charge in [0.1, 0.15) is 5.69 Å². The van der Waals surface area contributed by atoms with Crippen molar-refractivity contribution in [2.75, 3.05) is 13.2 Å². The standard InChI is InChI=1S/C13H12N2O3/c16-13(17)12-5-11(14-15-12)9-3-1-8(2-4-9)10-6-18-7-10/h1-5,10H,6-7H2,(H,14,15)(H,16,17). The van der Waals surface area contributed by atoms with E-state index in [-0.39, 0.29) is 5.69 Å². The minimum atomic E-state index is -1.00. The summed E-state index contributed by atoms with van der Waals surface area (Å²) < 4.78 is 5.15. The summed E-state index contributed by atoms with van der Waals surface area (Å²) in [6.07, 6.45) is 0. The normalized spacial score (nSPS) is 15.3. The number of aromatic nitrogens is 2. The minimum Gasteiger partial charge on any atom is -0.477 e. The monoisotopic (exact) mass is 244 g/mol. The Hall–Kier alpha value is -2.14. The molecule has 0 amide bonds. The highest BCUT2D eigenvalue weighted by atomic mass is 16.5. The summed E-state index contributed by atoms with van der Waals surface area (Å²) >= 11 is 0. The Bertz CT molecular complexity index is 570. The van der Waals surface area contributed by atoms with Gasteiger partial charge in [-0.25, -0.2) is 4.79 Å². The van der Waals surface area contributed by atoms with E-state index in [1.54, 1.807) is 0 Å². The van der Waals surface area contributed by atoms with Gasteiger partial charge in [-0.1, -0.05) is 24.3 Å². The van der Waals surface area contributed by atoms with Crippen molar-refractivity contribution < 1.29 is 14.6 Å². The molecule has 1 aromatic carbocycles. The molecular weight excluding hydrogens is 232 g/mol. The molecule has 3 rings (SSSR count). The summed E-state index contributed by atoms with van der Waals surface area (Å²) in [5.74, 6) is -0.509. The first-order valence-electron chi connectivity index (χ1n) is 5.71. The van der Waals surface area contributed by atoms with E-state index in [9.17, 15) is 4.79 Å². The van der Waals surface area contributed by atoms with Crippen molar-refractivity contribution >= 4 is 5.97 Å². The van der Waals surface area contributed by atoms with Gasteiger partial charge in [0.05, 0.1) is 18.9 Å². The summed E-state index contributed by atoms with van der Waals surface area (Å²) in [5, 5.41) is 15.3. The van der Waals surface area contributed by atoms with Crippen LogP contribution >= 0.6 is 0 Å². The van der Waals surface area contributed by atoms with Gasteiger partial charge in [0.2, 0.25) is 0 Å². The molecule has 1 saturated heterocycles. The second-order valence-corrected chi connectivity index (χ2v) is 4.33. The van der Waals surface area contributed by atoms with Crippen molar-refractivity contribution in [3.05, 3.63) is 41.6 Å². The van der Waals surface area contributed by atoms with Crippen molar-refractivity contribution in [2.45, 2.75) is 5.92 Å². The quantitative estimate of drug-likeness (QED) is 0.864. The summed E-state index contributed by atoms with van der Waals surface area (Å²) in [6.45, 7) is 1.57. The first-order chi connectivity index (χ1) is 8.74. The van der Waals surface area contributed by atoms with Crippen LogP contribution in [-0.4, -0.2) is 34.5 Å². The molecule has 5 heteroatoms. The fourth-order valence-corrected chi connectivity index (χ4v) is 1.93. The lowest BCUT2D eigenvalue weighted by Crippen LogP contribution is -2.24. The fourth-order valence-electron chi connectivity index (χ4n) is 1.93. The number of rotatable bonds is 3. The lowest BCUT2D eigenvalue weighted by molar-refractivity contribution is 0.00842. The average molecular weight is 244 g/mol. The predicted octanol–water partition coefficient (Wildman–Crippen LogP) is 1.89. The molecule has 1 aliphatic rings. The van der Waals surface area contributed by atoms with Crippen LogP contribution in [0.15, 0.2) is 30.3 Å². The molecule has 1 aliphatic heterocycles. The zero-order valence-corrected chi connectivity index (χ0v) is 9.59. The molecule has 0 aliphatic carbocycles. The zero-order chi connectivity index (χ0) is 12.5. The van der Waals surface area contributed by atoms with Crippen LogP contribution < -0.4 is 0 Å². The first-order valence-corrected chi connectivity index (χ1v) is 5.71. The van der Waals surface area contributed by atoms with Crippen LogP contribution in [0, 0.1) is 0 Å². The number of benzene rings is 1. The van der Waals surface area contributed by atoms with Crippen LogP contribution in [0.5, 0.6) is 0 Å². The molecule has 18 heavy (non-hydrogen) atoms. The van der Waals surface area contributed by atoms with Crippen molar-refractivity contribution in [3.63, 3.8) is 0 Å². The maximum Gasteiger partial charge on any atom is 0.353 e. The van der Waals surface area contributed by atoms with Gasteiger partial charge in [0.25, 0.3) is 0 Å². The highest BCUT2D eigenvalue weighted by Gasteiger charge is 2.20. The van der Waals surface area contributed by atoms with Crippen LogP contribution in [0.3, 0.4) is 0 Å². The van der Waals surface area contributed by atoms with E-state index in [2.05, 4.69) is 10.2 Å². The van der Waals surface area contributed by atoms with E-state index >= 15 is 0 Å². The molecule has 0 spiro atoms. The lowest BCUT2D eigenvalue weighted by Gasteiger charge is -2.26. The molecule has 0 unspecified atom stereocenters. The van der Waals surface area contributed by atoms with E-state index in [1.807, 2.05) is 24.3 Å². The van der Waals surface area contributed by atoms with Gasteiger partial charge >= 0.3 is 5.97 Å². The number of ether oxygens (including phenoxy) is 1. The van der Waals surface area contributed by atoms with Gasteiger partial charge in [0, 0.05) is 11.5 Å². The summed E-state index contributed by atoms with van der Waals surface area (Å²) in [6, 6.07) is 9.52. The molecule has 2 heterocycles. The molecule has 5 nitrogen and oxygen atoms in total. The van der Waals surface area contributed by atoms with E-state index in [1.165, 1.54) is 11.6 Å². The molecule has 2 aromatic rings. The Balaban J connectivity index is 1.84. The van der Waals surface area contributed by atoms with Gasteiger partial charge in [0.15, 0.2) is 0 Å². The second kappa shape index (κ2) is 4.27. The van der Waals surface area contributed by atoms with Crippen molar-refractivity contribution in [3.8, 4) is 11.3 Å². The molecule has 0 bridgehead atoms. The number of nitrogens with one attached hydrogen (secondary N) is 1. The number of H-pyrrole nitrogens is 1. The first kappa shape index (κ1) is 11.0. The SMILES string of the molecule is O=C(O)c1cc(-c2ccc(C3COC3)cc2)n[nH]1. The van der Waals surface area contributed by atoms with Gasteiger partial charge in [-0.15, -0.1) is 0 Å². The lowest BCUT2D eigenvalue weighted by atomic mass is 9.96. The largest absolute Gasteiger partial charge is 0.477 e. The Morgan fingerprint density at radius 3 is 2.56 bits per heavy atom. The Labute approximate surface area is 103 Å². The van der Waals surface area contributed by atoms with E-state index in [0.29, 0.717) is 11.6 Å². The van der Waals surface area contributed by atoms with Crippen molar-refractivity contribution in [1.29, 1.82) is 0 Å². The van der Waals surface area contributed by atoms with Crippen LogP contribution in [0.25, 0.3) is 11.3 Å². The number of carboxylic acids is 1. The summed E-state index contributed by atoms with van der Waals surface area (Å²) in [5.41, 5.74) is 2.90.